The van der Waals surface area contributed by atoms with Crippen LogP contribution in [0.15, 0.2) is 54.9 Å². The molecule has 0 bridgehead atoms. The lowest BCUT2D eigenvalue weighted by Crippen LogP contribution is -2.58. The van der Waals surface area contributed by atoms with Gasteiger partial charge < -0.3 is 10.2 Å². The zero-order chi connectivity index (χ0) is 15.4. The number of nitrogens with zero attached hydrogens (tertiary/aromatic N) is 2. The first-order valence-corrected chi connectivity index (χ1v) is 7.28. The van der Waals surface area contributed by atoms with E-state index < -0.39 is 0 Å². The van der Waals surface area contributed by atoms with Gasteiger partial charge in [-0.2, -0.15) is 0 Å². The summed E-state index contributed by atoms with van der Waals surface area (Å²) < 4.78 is 0. The molecular weight excluding hydrogens is 278 g/mol. The number of hydrogen-bond acceptors (Lipinski definition) is 3. The third-order valence-corrected chi connectivity index (χ3v) is 3.82. The van der Waals surface area contributed by atoms with Crippen molar-refractivity contribution in [2.45, 2.75) is 19.0 Å². The second-order valence-electron chi connectivity index (χ2n) is 5.24. The van der Waals surface area contributed by atoms with E-state index in [4.69, 9.17) is 0 Å². The van der Waals surface area contributed by atoms with Crippen LogP contribution in [0.2, 0.25) is 0 Å². The third-order valence-electron chi connectivity index (χ3n) is 3.82. The molecule has 1 aliphatic heterocycles. The van der Waals surface area contributed by atoms with Crippen molar-refractivity contribution >= 4 is 11.8 Å². The number of benzene rings is 1. The highest BCUT2D eigenvalue weighted by Crippen LogP contribution is 2.20. The molecule has 0 radical (unpaired) electrons. The lowest BCUT2D eigenvalue weighted by molar-refractivity contribution is -0.129. The van der Waals surface area contributed by atoms with Crippen LogP contribution in [-0.4, -0.2) is 34.3 Å². The molecule has 1 aromatic carbocycles. The maximum Gasteiger partial charge on any atom is 0.254 e. The fraction of sp³-hybridized carbons (Fsp3) is 0.235. The molecule has 3 rings (SSSR count). The van der Waals surface area contributed by atoms with E-state index >= 15 is 0 Å². The molecule has 0 unspecified atom stereocenters. The molecule has 0 aliphatic carbocycles. The van der Waals surface area contributed by atoms with Gasteiger partial charge in [-0.05, 0) is 36.2 Å². The molecule has 1 aromatic heterocycles. The van der Waals surface area contributed by atoms with Crippen molar-refractivity contribution in [1.29, 1.82) is 0 Å². The van der Waals surface area contributed by atoms with Crippen LogP contribution in [0.5, 0.6) is 0 Å². The molecule has 1 aliphatic rings. The second kappa shape index (κ2) is 6.39. The van der Waals surface area contributed by atoms with E-state index in [1.807, 2.05) is 30.3 Å². The van der Waals surface area contributed by atoms with Crippen LogP contribution >= 0.6 is 0 Å². The van der Waals surface area contributed by atoms with Gasteiger partial charge >= 0.3 is 0 Å². The van der Waals surface area contributed by atoms with E-state index in [9.17, 15) is 9.59 Å². The molecule has 5 heteroatoms. The molecule has 2 aromatic rings. The van der Waals surface area contributed by atoms with Crippen LogP contribution in [0.4, 0.5) is 0 Å². The number of aromatic nitrogens is 1. The minimum atomic E-state index is -0.366. The molecule has 2 amide bonds. The number of amides is 2. The Morgan fingerprint density at radius 1 is 1.14 bits per heavy atom. The van der Waals surface area contributed by atoms with Crippen LogP contribution in [0.3, 0.4) is 0 Å². The van der Waals surface area contributed by atoms with Gasteiger partial charge in [-0.15, -0.1) is 0 Å². The Morgan fingerprint density at radius 3 is 2.50 bits per heavy atom. The van der Waals surface area contributed by atoms with Gasteiger partial charge in [-0.3, -0.25) is 14.6 Å². The first-order chi connectivity index (χ1) is 10.8. The number of rotatable bonds is 4. The smallest absolute Gasteiger partial charge is 0.254 e. The summed E-state index contributed by atoms with van der Waals surface area (Å²) in [5, 5.41) is 2.88. The van der Waals surface area contributed by atoms with Gasteiger partial charge in [0.25, 0.3) is 5.91 Å². The summed E-state index contributed by atoms with van der Waals surface area (Å²) in [6, 6.07) is 12.4. The predicted molar refractivity (Wildman–Crippen MR) is 82.0 cm³/mol. The van der Waals surface area contributed by atoms with Crippen molar-refractivity contribution in [1.82, 2.24) is 15.2 Å². The largest absolute Gasteiger partial charge is 0.350 e. The molecule has 1 fully saturated rings. The van der Waals surface area contributed by atoms with E-state index in [-0.39, 0.29) is 17.9 Å². The molecule has 1 atom stereocenters. The van der Waals surface area contributed by atoms with E-state index in [0.29, 0.717) is 25.1 Å². The van der Waals surface area contributed by atoms with Crippen molar-refractivity contribution in [3.63, 3.8) is 0 Å². The molecule has 112 valence electrons. The monoisotopic (exact) mass is 295 g/mol. The number of pyridine rings is 1. The normalized spacial score (nSPS) is 16.7. The van der Waals surface area contributed by atoms with E-state index in [1.165, 1.54) is 0 Å². The van der Waals surface area contributed by atoms with Gasteiger partial charge in [0.2, 0.25) is 5.91 Å². The average molecular weight is 295 g/mol. The Kier molecular flexibility index (Phi) is 4.14. The summed E-state index contributed by atoms with van der Waals surface area (Å²) in [6.07, 6.45) is 4.09. The Balaban J connectivity index is 1.58. The molecule has 22 heavy (non-hydrogen) atoms. The second-order valence-corrected chi connectivity index (χ2v) is 5.24. The lowest BCUT2D eigenvalue weighted by Gasteiger charge is -2.39. The molecule has 0 saturated carbocycles. The molecule has 1 N–H and O–H groups in total. The summed E-state index contributed by atoms with van der Waals surface area (Å²) in [6.45, 7) is 1.08. The maximum atomic E-state index is 12.4. The first-order valence-electron chi connectivity index (χ1n) is 7.28. The molecule has 2 heterocycles. The lowest BCUT2D eigenvalue weighted by atomic mass is 10.00. The Morgan fingerprint density at radius 2 is 1.86 bits per heavy atom. The van der Waals surface area contributed by atoms with E-state index in [1.54, 1.807) is 29.4 Å². The average Bonchev–Trinajstić information content (AvgIpc) is 2.54. The minimum absolute atomic E-state index is 0.0871. The topological polar surface area (TPSA) is 62.3 Å². The number of hydrogen-bond donors (Lipinski definition) is 1. The van der Waals surface area contributed by atoms with Gasteiger partial charge in [-0.25, -0.2) is 0 Å². The van der Waals surface area contributed by atoms with Crippen LogP contribution in [0, 0.1) is 0 Å². The van der Waals surface area contributed by atoms with E-state index in [0.717, 1.165) is 5.56 Å². The van der Waals surface area contributed by atoms with Crippen molar-refractivity contribution in [3.05, 3.63) is 66.0 Å². The SMILES string of the molecule is O=C(NCc1ccncc1)[C@@H]1CCN1C(=O)c1ccccc1. The number of nitrogens with one attached hydrogen (secondary N) is 1. The van der Waals surface area contributed by atoms with Crippen LogP contribution in [-0.2, 0) is 11.3 Å². The summed E-state index contributed by atoms with van der Waals surface area (Å²) in [5.41, 5.74) is 1.61. The van der Waals surface area contributed by atoms with Gasteiger partial charge in [0, 0.05) is 31.0 Å². The number of carbonyl (C=O) groups excluding carboxylic acids is 2. The minimum Gasteiger partial charge on any atom is -0.350 e. The maximum absolute atomic E-state index is 12.4. The zero-order valence-electron chi connectivity index (χ0n) is 12.1. The number of likely N-dealkylation sites (tertiary alicyclic amines) is 1. The molecule has 1 saturated heterocycles. The van der Waals surface area contributed by atoms with Crippen molar-refractivity contribution in [2.75, 3.05) is 6.54 Å². The predicted octanol–water partition coefficient (Wildman–Crippen LogP) is 1.61. The first kappa shape index (κ1) is 14.3. The van der Waals surface area contributed by atoms with Crippen LogP contribution < -0.4 is 5.32 Å². The highest BCUT2D eigenvalue weighted by Gasteiger charge is 2.37. The fourth-order valence-electron chi connectivity index (χ4n) is 2.46. The highest BCUT2D eigenvalue weighted by molar-refractivity contribution is 5.98. The highest BCUT2D eigenvalue weighted by atomic mass is 16.2. The fourth-order valence-corrected chi connectivity index (χ4v) is 2.46. The summed E-state index contributed by atoms with van der Waals surface area (Å²) in [4.78, 5) is 30.1. The van der Waals surface area contributed by atoms with Crippen molar-refractivity contribution in [2.24, 2.45) is 0 Å². The number of carbonyl (C=O) groups is 2. The zero-order valence-corrected chi connectivity index (χ0v) is 12.1. The Hall–Kier alpha value is -2.69. The summed E-state index contributed by atoms with van der Waals surface area (Å²) in [7, 11) is 0. The van der Waals surface area contributed by atoms with Gasteiger partial charge in [0.1, 0.15) is 6.04 Å². The molecule has 0 spiro atoms. The Labute approximate surface area is 129 Å². The standard InChI is InChI=1S/C17H17N3O2/c21-16(19-12-13-6-9-18-10-7-13)15-8-11-20(15)17(22)14-4-2-1-3-5-14/h1-7,9-10,15H,8,11-12H2,(H,19,21)/t15-/m0/s1. The van der Waals surface area contributed by atoms with E-state index in [2.05, 4.69) is 10.3 Å². The van der Waals surface area contributed by atoms with Gasteiger partial charge in [0.15, 0.2) is 0 Å². The van der Waals surface area contributed by atoms with Crippen molar-refractivity contribution < 1.29 is 9.59 Å². The van der Waals surface area contributed by atoms with Crippen LogP contribution in [0.25, 0.3) is 0 Å². The third kappa shape index (κ3) is 2.98. The quantitative estimate of drug-likeness (QED) is 0.932. The van der Waals surface area contributed by atoms with Crippen LogP contribution in [0.1, 0.15) is 22.3 Å². The Bertz CT molecular complexity index is 658. The summed E-state index contributed by atoms with van der Waals surface area (Å²) >= 11 is 0. The summed E-state index contributed by atoms with van der Waals surface area (Å²) in [5.74, 6) is -0.191. The molecular formula is C17H17N3O2. The molecule has 5 nitrogen and oxygen atoms in total. The van der Waals surface area contributed by atoms with Crippen molar-refractivity contribution in [3.8, 4) is 0 Å². The van der Waals surface area contributed by atoms with Gasteiger partial charge in [0.05, 0.1) is 0 Å². The van der Waals surface area contributed by atoms with Gasteiger partial charge in [-0.1, -0.05) is 18.2 Å².